The Morgan fingerprint density at radius 3 is 3.00 bits per heavy atom. The van der Waals surface area contributed by atoms with Gasteiger partial charge in [-0.05, 0) is 12.8 Å². The smallest absolute Gasteiger partial charge is 0.220 e. The Labute approximate surface area is 146 Å². The van der Waals surface area contributed by atoms with Gasteiger partial charge in [-0.2, -0.15) is 0 Å². The van der Waals surface area contributed by atoms with E-state index in [-0.39, 0.29) is 35.9 Å². The fourth-order valence-corrected chi connectivity index (χ4v) is 2.80. The van der Waals surface area contributed by atoms with Gasteiger partial charge in [0.1, 0.15) is 5.01 Å². The monoisotopic (exact) mass is 423 g/mol. The minimum absolute atomic E-state index is 0. The normalized spacial score (nSPS) is 18.7. The van der Waals surface area contributed by atoms with Gasteiger partial charge in [-0.15, -0.1) is 35.3 Å². The second kappa shape index (κ2) is 9.19. The minimum Gasteiger partial charge on any atom is -0.354 e. The Morgan fingerprint density at radius 2 is 2.43 bits per heavy atom. The van der Waals surface area contributed by atoms with Gasteiger partial charge in [0, 0.05) is 37.1 Å². The summed E-state index contributed by atoms with van der Waals surface area (Å²) in [4.78, 5) is 21.0. The molecule has 118 valence electrons. The van der Waals surface area contributed by atoms with E-state index in [1.165, 1.54) is 4.88 Å². The third-order valence-electron chi connectivity index (χ3n) is 3.19. The van der Waals surface area contributed by atoms with Crippen LogP contribution < -0.4 is 16.0 Å². The molecule has 1 aliphatic rings. The van der Waals surface area contributed by atoms with Crippen molar-refractivity contribution in [3.05, 3.63) is 16.1 Å². The van der Waals surface area contributed by atoms with Crippen LogP contribution in [0.5, 0.6) is 0 Å². The van der Waals surface area contributed by atoms with Gasteiger partial charge in [-0.3, -0.25) is 9.79 Å². The number of amides is 1. The molecule has 1 atom stereocenters. The number of carbonyl (C=O) groups excluding carboxylic acids is 1. The SMILES string of the molecule is CCc1cnc(CNC(=NC)NC2CCC(=O)NC2)s1.I. The fraction of sp³-hybridized carbons (Fsp3) is 0.615. The summed E-state index contributed by atoms with van der Waals surface area (Å²) >= 11 is 1.72. The first kappa shape index (κ1) is 18.1. The molecule has 1 fully saturated rings. The molecular formula is C13H22IN5OS. The van der Waals surface area contributed by atoms with E-state index in [0.717, 1.165) is 23.8 Å². The molecule has 3 N–H and O–H groups in total. The summed E-state index contributed by atoms with van der Waals surface area (Å²) in [6, 6.07) is 0.237. The number of hydrogen-bond donors (Lipinski definition) is 3. The second-order valence-electron chi connectivity index (χ2n) is 4.68. The molecule has 1 aromatic rings. The number of aryl methyl sites for hydroxylation is 1. The van der Waals surface area contributed by atoms with Crippen molar-refractivity contribution in [1.29, 1.82) is 0 Å². The standard InChI is InChI=1S/C13H21N5OS.HI/c1-3-10-7-16-12(20-10)8-17-13(14-2)18-9-4-5-11(19)15-6-9;/h7,9H,3-6,8H2,1-2H3,(H,15,19)(H2,14,17,18);1H. The van der Waals surface area contributed by atoms with Crippen LogP contribution in [0, 0.1) is 0 Å². The fourth-order valence-electron chi connectivity index (χ4n) is 2.00. The van der Waals surface area contributed by atoms with Crippen LogP contribution in [-0.2, 0) is 17.8 Å². The Hall–Kier alpha value is -0.900. The summed E-state index contributed by atoms with van der Waals surface area (Å²) in [6.45, 7) is 3.45. The van der Waals surface area contributed by atoms with E-state index in [9.17, 15) is 4.79 Å². The Kier molecular flexibility index (Phi) is 7.94. The third-order valence-corrected chi connectivity index (χ3v) is 4.33. The van der Waals surface area contributed by atoms with Crippen LogP contribution in [0.3, 0.4) is 0 Å². The van der Waals surface area contributed by atoms with Gasteiger partial charge in [0.05, 0.1) is 6.54 Å². The molecule has 2 heterocycles. The molecule has 1 saturated heterocycles. The number of piperidine rings is 1. The van der Waals surface area contributed by atoms with Gasteiger partial charge in [0.2, 0.25) is 5.91 Å². The third kappa shape index (κ3) is 5.77. The highest BCUT2D eigenvalue weighted by molar-refractivity contribution is 14.0. The molecular weight excluding hydrogens is 401 g/mol. The maximum absolute atomic E-state index is 11.1. The van der Waals surface area contributed by atoms with Gasteiger partial charge in [0.25, 0.3) is 0 Å². The molecule has 0 spiro atoms. The van der Waals surface area contributed by atoms with Crippen LogP contribution >= 0.6 is 35.3 Å². The van der Waals surface area contributed by atoms with Crippen molar-refractivity contribution in [1.82, 2.24) is 20.9 Å². The maximum atomic E-state index is 11.1. The minimum atomic E-state index is 0. The molecule has 6 nitrogen and oxygen atoms in total. The molecule has 1 unspecified atom stereocenters. The Morgan fingerprint density at radius 1 is 1.62 bits per heavy atom. The van der Waals surface area contributed by atoms with E-state index >= 15 is 0 Å². The largest absolute Gasteiger partial charge is 0.354 e. The Bertz CT molecular complexity index is 481. The quantitative estimate of drug-likeness (QED) is 0.387. The molecule has 1 aliphatic heterocycles. The number of nitrogens with zero attached hydrogens (tertiary/aromatic N) is 2. The average Bonchev–Trinajstić information content (AvgIpc) is 2.93. The van der Waals surface area contributed by atoms with Crippen LogP contribution in [0.2, 0.25) is 0 Å². The van der Waals surface area contributed by atoms with Crippen LogP contribution in [-0.4, -0.2) is 36.5 Å². The number of aromatic nitrogens is 1. The highest BCUT2D eigenvalue weighted by Gasteiger charge is 2.18. The van der Waals surface area contributed by atoms with Crippen molar-refractivity contribution in [2.75, 3.05) is 13.6 Å². The topological polar surface area (TPSA) is 78.4 Å². The Balaban J connectivity index is 0.00000220. The van der Waals surface area contributed by atoms with Crippen molar-refractivity contribution < 1.29 is 4.79 Å². The number of nitrogens with one attached hydrogen (secondary N) is 3. The first-order chi connectivity index (χ1) is 9.71. The zero-order valence-electron chi connectivity index (χ0n) is 12.3. The van der Waals surface area contributed by atoms with E-state index in [1.807, 2.05) is 6.20 Å². The molecule has 0 radical (unpaired) electrons. The lowest BCUT2D eigenvalue weighted by Crippen LogP contribution is -2.51. The number of carbonyl (C=O) groups is 1. The second-order valence-corrected chi connectivity index (χ2v) is 5.88. The molecule has 0 saturated carbocycles. The van der Waals surface area contributed by atoms with Crippen molar-refractivity contribution in [3.63, 3.8) is 0 Å². The van der Waals surface area contributed by atoms with Gasteiger partial charge in [-0.25, -0.2) is 4.98 Å². The molecule has 1 amide bonds. The molecule has 0 aliphatic carbocycles. The van der Waals surface area contributed by atoms with Gasteiger partial charge in [-0.1, -0.05) is 6.92 Å². The van der Waals surface area contributed by atoms with Gasteiger partial charge in [0.15, 0.2) is 5.96 Å². The van der Waals surface area contributed by atoms with Crippen molar-refractivity contribution >= 4 is 47.2 Å². The van der Waals surface area contributed by atoms with E-state index in [0.29, 0.717) is 19.5 Å². The summed E-state index contributed by atoms with van der Waals surface area (Å²) < 4.78 is 0. The molecule has 2 rings (SSSR count). The lowest BCUT2D eigenvalue weighted by molar-refractivity contribution is -0.122. The van der Waals surface area contributed by atoms with E-state index in [2.05, 4.69) is 32.9 Å². The van der Waals surface area contributed by atoms with Crippen LogP contribution in [0.15, 0.2) is 11.2 Å². The predicted octanol–water partition coefficient (Wildman–Crippen LogP) is 1.27. The van der Waals surface area contributed by atoms with Crippen LogP contribution in [0.1, 0.15) is 29.7 Å². The molecule has 1 aromatic heterocycles. The van der Waals surface area contributed by atoms with E-state index < -0.39 is 0 Å². The number of rotatable bonds is 4. The molecule has 0 bridgehead atoms. The van der Waals surface area contributed by atoms with Crippen molar-refractivity contribution in [2.45, 2.75) is 38.8 Å². The van der Waals surface area contributed by atoms with Crippen LogP contribution in [0.4, 0.5) is 0 Å². The number of aliphatic imine (C=N–C) groups is 1. The molecule has 21 heavy (non-hydrogen) atoms. The lowest BCUT2D eigenvalue weighted by Gasteiger charge is -2.25. The highest BCUT2D eigenvalue weighted by atomic mass is 127. The lowest BCUT2D eigenvalue weighted by atomic mass is 10.1. The maximum Gasteiger partial charge on any atom is 0.220 e. The number of hydrogen-bond acceptors (Lipinski definition) is 4. The zero-order valence-corrected chi connectivity index (χ0v) is 15.5. The molecule has 0 aromatic carbocycles. The van der Waals surface area contributed by atoms with Crippen molar-refractivity contribution in [3.8, 4) is 0 Å². The van der Waals surface area contributed by atoms with Crippen molar-refractivity contribution in [2.24, 2.45) is 4.99 Å². The summed E-state index contributed by atoms with van der Waals surface area (Å²) in [5.74, 6) is 0.875. The van der Waals surface area contributed by atoms with E-state index in [1.54, 1.807) is 18.4 Å². The number of guanidine groups is 1. The predicted molar refractivity (Wildman–Crippen MR) is 96.3 cm³/mol. The summed E-state index contributed by atoms with van der Waals surface area (Å²) in [5, 5.41) is 10.5. The summed E-state index contributed by atoms with van der Waals surface area (Å²) in [6.07, 6.45) is 4.35. The summed E-state index contributed by atoms with van der Waals surface area (Å²) in [5.41, 5.74) is 0. The van der Waals surface area contributed by atoms with E-state index in [4.69, 9.17) is 0 Å². The highest BCUT2D eigenvalue weighted by Crippen LogP contribution is 2.12. The van der Waals surface area contributed by atoms with Crippen LogP contribution in [0.25, 0.3) is 0 Å². The van der Waals surface area contributed by atoms with Gasteiger partial charge >= 0.3 is 0 Å². The molecule has 8 heteroatoms. The number of thiazole rings is 1. The number of halogens is 1. The first-order valence-corrected chi connectivity index (χ1v) is 7.70. The average molecular weight is 423 g/mol. The first-order valence-electron chi connectivity index (χ1n) is 6.88. The summed E-state index contributed by atoms with van der Waals surface area (Å²) in [7, 11) is 1.75. The van der Waals surface area contributed by atoms with Gasteiger partial charge < -0.3 is 16.0 Å². The zero-order chi connectivity index (χ0) is 14.4.